The van der Waals surface area contributed by atoms with Gasteiger partial charge in [-0.15, -0.1) is 0 Å². The molecule has 0 fully saturated rings. The highest BCUT2D eigenvalue weighted by Crippen LogP contribution is 2.29. The Bertz CT molecular complexity index is 299. The Morgan fingerprint density at radius 3 is 2.64 bits per heavy atom. The highest BCUT2D eigenvalue weighted by molar-refractivity contribution is 5.50. The van der Waals surface area contributed by atoms with Gasteiger partial charge in [0, 0.05) is 7.05 Å². The molecular weight excluding hydrogens is 178 g/mol. The lowest BCUT2D eigenvalue weighted by molar-refractivity contribution is 0.321. The van der Waals surface area contributed by atoms with Crippen LogP contribution in [0.2, 0.25) is 0 Å². The van der Waals surface area contributed by atoms with Gasteiger partial charge in [0.2, 0.25) is 5.88 Å². The molecule has 0 aliphatic heterocycles. The smallest absolute Gasteiger partial charge is 0.222 e. The maximum atomic E-state index is 5.45. The molecule has 1 heterocycles. The van der Waals surface area contributed by atoms with Gasteiger partial charge in [0.1, 0.15) is 12.1 Å². The minimum absolute atomic E-state index is 0.347. The highest BCUT2D eigenvalue weighted by atomic mass is 16.5. The third-order valence-electron chi connectivity index (χ3n) is 1.94. The first-order chi connectivity index (χ1) is 6.70. The van der Waals surface area contributed by atoms with Crippen LogP contribution in [0.3, 0.4) is 0 Å². The molecule has 1 aromatic heterocycles. The predicted molar refractivity (Wildman–Crippen MR) is 56.8 cm³/mol. The second kappa shape index (κ2) is 4.79. The summed E-state index contributed by atoms with van der Waals surface area (Å²) < 4.78 is 5.45. The first-order valence-corrected chi connectivity index (χ1v) is 4.86. The molecule has 14 heavy (non-hydrogen) atoms. The summed E-state index contributed by atoms with van der Waals surface area (Å²) in [4.78, 5) is 8.28. The van der Waals surface area contributed by atoms with E-state index in [1.54, 1.807) is 0 Å². The monoisotopic (exact) mass is 195 g/mol. The maximum Gasteiger partial charge on any atom is 0.222 e. The van der Waals surface area contributed by atoms with Gasteiger partial charge in [-0.3, -0.25) is 0 Å². The van der Waals surface area contributed by atoms with Crippen molar-refractivity contribution in [3.05, 3.63) is 11.9 Å². The highest BCUT2D eigenvalue weighted by Gasteiger charge is 2.14. The average molecular weight is 195 g/mol. The Hall–Kier alpha value is -1.32. The molecule has 0 radical (unpaired) electrons. The van der Waals surface area contributed by atoms with Gasteiger partial charge in [-0.25, -0.2) is 9.97 Å². The van der Waals surface area contributed by atoms with Crippen LogP contribution in [0.1, 0.15) is 32.3 Å². The van der Waals surface area contributed by atoms with Crippen molar-refractivity contribution < 1.29 is 4.74 Å². The van der Waals surface area contributed by atoms with Gasteiger partial charge in [-0.05, 0) is 12.8 Å². The molecule has 0 spiro atoms. The van der Waals surface area contributed by atoms with E-state index in [1.807, 2.05) is 14.0 Å². The van der Waals surface area contributed by atoms with E-state index >= 15 is 0 Å². The molecule has 0 atom stereocenters. The average Bonchev–Trinajstić information content (AvgIpc) is 2.17. The lowest BCUT2D eigenvalue weighted by atomic mass is 10.1. The minimum Gasteiger partial charge on any atom is -0.478 e. The van der Waals surface area contributed by atoms with Crippen molar-refractivity contribution in [2.45, 2.75) is 26.7 Å². The molecule has 4 heteroatoms. The number of ether oxygens (including phenoxy) is 1. The number of nitrogens with zero attached hydrogens (tertiary/aromatic N) is 2. The molecule has 0 bridgehead atoms. The lowest BCUT2D eigenvalue weighted by Crippen LogP contribution is -2.06. The van der Waals surface area contributed by atoms with Crippen molar-refractivity contribution in [1.29, 1.82) is 0 Å². The zero-order valence-corrected chi connectivity index (χ0v) is 9.16. The Labute approximate surface area is 84.7 Å². The van der Waals surface area contributed by atoms with Crippen molar-refractivity contribution in [3.8, 4) is 5.88 Å². The van der Waals surface area contributed by atoms with Crippen LogP contribution in [0.4, 0.5) is 5.82 Å². The van der Waals surface area contributed by atoms with Crippen LogP contribution in [-0.4, -0.2) is 23.6 Å². The van der Waals surface area contributed by atoms with Crippen LogP contribution in [0, 0.1) is 0 Å². The van der Waals surface area contributed by atoms with E-state index in [0.717, 1.165) is 11.4 Å². The molecule has 4 nitrogen and oxygen atoms in total. The fourth-order valence-electron chi connectivity index (χ4n) is 1.35. The van der Waals surface area contributed by atoms with Gasteiger partial charge in [-0.1, -0.05) is 13.8 Å². The van der Waals surface area contributed by atoms with Gasteiger partial charge >= 0.3 is 0 Å². The van der Waals surface area contributed by atoms with Crippen LogP contribution in [-0.2, 0) is 0 Å². The Kier molecular flexibility index (Phi) is 3.68. The van der Waals surface area contributed by atoms with Crippen LogP contribution < -0.4 is 10.1 Å². The molecule has 1 rings (SSSR count). The summed E-state index contributed by atoms with van der Waals surface area (Å²) in [5, 5.41) is 3.04. The van der Waals surface area contributed by atoms with Gasteiger partial charge < -0.3 is 10.1 Å². The number of hydrogen-bond donors (Lipinski definition) is 1. The number of anilines is 1. The minimum atomic E-state index is 0.347. The second-order valence-electron chi connectivity index (χ2n) is 3.28. The topological polar surface area (TPSA) is 47.0 Å². The molecule has 1 aromatic rings. The third-order valence-corrected chi connectivity index (χ3v) is 1.94. The van der Waals surface area contributed by atoms with Crippen molar-refractivity contribution >= 4 is 5.82 Å². The number of hydrogen-bond acceptors (Lipinski definition) is 4. The SMILES string of the molecule is CCOc1ncnc(NC)c1C(C)C. The number of rotatable bonds is 4. The van der Waals surface area contributed by atoms with Crippen molar-refractivity contribution in [3.63, 3.8) is 0 Å². The zero-order valence-electron chi connectivity index (χ0n) is 9.16. The fraction of sp³-hybridized carbons (Fsp3) is 0.600. The van der Waals surface area contributed by atoms with Gasteiger partial charge in [0.15, 0.2) is 0 Å². The Morgan fingerprint density at radius 1 is 1.43 bits per heavy atom. The van der Waals surface area contributed by atoms with Gasteiger partial charge in [0.05, 0.1) is 12.2 Å². The number of nitrogens with one attached hydrogen (secondary N) is 1. The van der Waals surface area contributed by atoms with E-state index in [2.05, 4.69) is 29.1 Å². The van der Waals surface area contributed by atoms with Crippen molar-refractivity contribution in [1.82, 2.24) is 9.97 Å². The second-order valence-corrected chi connectivity index (χ2v) is 3.28. The Balaban J connectivity index is 3.14. The number of aromatic nitrogens is 2. The summed E-state index contributed by atoms with van der Waals surface area (Å²) in [5.41, 5.74) is 1.04. The molecule has 1 N–H and O–H groups in total. The van der Waals surface area contributed by atoms with Crippen LogP contribution in [0.5, 0.6) is 5.88 Å². The molecule has 0 unspecified atom stereocenters. The molecule has 0 amide bonds. The van der Waals surface area contributed by atoms with Crippen molar-refractivity contribution in [2.24, 2.45) is 0 Å². The van der Waals surface area contributed by atoms with E-state index in [-0.39, 0.29) is 0 Å². The first-order valence-electron chi connectivity index (χ1n) is 4.86. The maximum absolute atomic E-state index is 5.45. The summed E-state index contributed by atoms with van der Waals surface area (Å²) in [7, 11) is 1.85. The van der Waals surface area contributed by atoms with Gasteiger partial charge in [0.25, 0.3) is 0 Å². The molecule has 78 valence electrons. The van der Waals surface area contributed by atoms with Crippen LogP contribution >= 0.6 is 0 Å². The summed E-state index contributed by atoms with van der Waals surface area (Å²) in [6.07, 6.45) is 1.52. The van der Waals surface area contributed by atoms with Crippen molar-refractivity contribution in [2.75, 3.05) is 19.0 Å². The normalized spacial score (nSPS) is 10.4. The lowest BCUT2D eigenvalue weighted by Gasteiger charge is -2.14. The predicted octanol–water partition coefficient (Wildman–Crippen LogP) is 2.04. The first kappa shape index (κ1) is 10.8. The van der Waals surface area contributed by atoms with Crippen LogP contribution in [0.15, 0.2) is 6.33 Å². The van der Waals surface area contributed by atoms with Crippen LogP contribution in [0.25, 0.3) is 0 Å². The third kappa shape index (κ3) is 2.13. The molecule has 0 aromatic carbocycles. The summed E-state index contributed by atoms with van der Waals surface area (Å²) in [6.45, 7) is 6.77. The quantitative estimate of drug-likeness (QED) is 0.798. The standard InChI is InChI=1S/C10H17N3O/c1-5-14-10-8(7(2)3)9(11-4)12-6-13-10/h6-7H,5H2,1-4H3,(H,11,12,13). The Morgan fingerprint density at radius 2 is 2.14 bits per heavy atom. The summed E-state index contributed by atoms with van der Waals surface area (Å²) >= 11 is 0. The fourth-order valence-corrected chi connectivity index (χ4v) is 1.35. The van der Waals surface area contributed by atoms with Gasteiger partial charge in [-0.2, -0.15) is 0 Å². The molecule has 0 saturated carbocycles. The van der Waals surface area contributed by atoms with E-state index in [4.69, 9.17) is 4.74 Å². The zero-order chi connectivity index (χ0) is 10.6. The summed E-state index contributed by atoms with van der Waals surface area (Å²) in [5.74, 6) is 1.88. The van der Waals surface area contributed by atoms with E-state index in [0.29, 0.717) is 18.4 Å². The molecule has 0 aliphatic carbocycles. The molecular formula is C10H17N3O. The van der Waals surface area contributed by atoms with E-state index in [1.165, 1.54) is 6.33 Å². The molecule has 0 saturated heterocycles. The van der Waals surface area contributed by atoms with E-state index in [9.17, 15) is 0 Å². The molecule has 0 aliphatic rings. The van der Waals surface area contributed by atoms with E-state index < -0.39 is 0 Å². The summed E-state index contributed by atoms with van der Waals surface area (Å²) in [6, 6.07) is 0. The largest absolute Gasteiger partial charge is 0.478 e.